The summed E-state index contributed by atoms with van der Waals surface area (Å²) in [6.45, 7) is 3.26. The van der Waals surface area contributed by atoms with Crippen LogP contribution in [0.2, 0.25) is 0 Å². The van der Waals surface area contributed by atoms with Crippen molar-refractivity contribution >= 4 is 17.7 Å². The average Bonchev–Trinajstić information content (AvgIpc) is 3.28. The van der Waals surface area contributed by atoms with Gasteiger partial charge in [0.1, 0.15) is 5.75 Å². The van der Waals surface area contributed by atoms with Crippen molar-refractivity contribution in [2.75, 3.05) is 18.9 Å². The van der Waals surface area contributed by atoms with Crippen LogP contribution in [-0.2, 0) is 4.79 Å². The largest absolute Gasteiger partial charge is 0.493 e. The van der Waals surface area contributed by atoms with Gasteiger partial charge >= 0.3 is 0 Å². The molecule has 0 saturated heterocycles. The molecule has 1 aliphatic carbocycles. The van der Waals surface area contributed by atoms with E-state index >= 15 is 0 Å². The number of carbonyl (C=O) groups excluding carboxylic acids is 1. The van der Waals surface area contributed by atoms with Gasteiger partial charge in [0, 0.05) is 6.54 Å². The molecule has 6 nitrogen and oxygen atoms in total. The fourth-order valence-electron chi connectivity index (χ4n) is 2.06. The molecule has 1 fully saturated rings. The van der Waals surface area contributed by atoms with Crippen molar-refractivity contribution in [3.63, 3.8) is 0 Å². The van der Waals surface area contributed by atoms with Gasteiger partial charge in [-0.05, 0) is 37.8 Å². The Labute approximate surface area is 139 Å². The van der Waals surface area contributed by atoms with Crippen molar-refractivity contribution < 1.29 is 13.9 Å². The minimum absolute atomic E-state index is 0.00336. The predicted molar refractivity (Wildman–Crippen MR) is 87.4 cm³/mol. The van der Waals surface area contributed by atoms with E-state index in [9.17, 15) is 4.79 Å². The van der Waals surface area contributed by atoms with Crippen LogP contribution < -0.4 is 10.1 Å². The van der Waals surface area contributed by atoms with E-state index in [-0.39, 0.29) is 11.7 Å². The zero-order valence-corrected chi connectivity index (χ0v) is 13.8. The minimum Gasteiger partial charge on any atom is -0.493 e. The Hall–Kier alpha value is -2.02. The Bertz CT molecular complexity index is 670. The first-order valence-electron chi connectivity index (χ1n) is 7.71. The van der Waals surface area contributed by atoms with E-state index in [4.69, 9.17) is 9.15 Å². The van der Waals surface area contributed by atoms with Crippen LogP contribution >= 0.6 is 11.8 Å². The summed E-state index contributed by atoms with van der Waals surface area (Å²) in [5, 5.41) is 11.3. The number of ether oxygens (including phenoxy) is 1. The van der Waals surface area contributed by atoms with Crippen LogP contribution in [0.3, 0.4) is 0 Å². The Kier molecular flexibility index (Phi) is 5.17. The fourth-order valence-corrected chi connectivity index (χ4v) is 2.65. The van der Waals surface area contributed by atoms with E-state index in [1.807, 2.05) is 31.2 Å². The molecule has 1 aromatic carbocycles. The second-order valence-corrected chi connectivity index (χ2v) is 6.27. The molecular formula is C16H19N3O3S. The number of nitrogens with one attached hydrogen (secondary N) is 1. The van der Waals surface area contributed by atoms with Gasteiger partial charge in [0.15, 0.2) is 0 Å². The molecule has 1 saturated carbocycles. The van der Waals surface area contributed by atoms with Gasteiger partial charge in [-0.3, -0.25) is 4.79 Å². The zero-order chi connectivity index (χ0) is 16.1. The lowest BCUT2D eigenvalue weighted by atomic mass is 10.2. The number of carbonyl (C=O) groups is 1. The summed E-state index contributed by atoms with van der Waals surface area (Å²) < 4.78 is 11.2. The van der Waals surface area contributed by atoms with Gasteiger partial charge < -0.3 is 14.5 Å². The highest BCUT2D eigenvalue weighted by Gasteiger charge is 2.21. The smallest absolute Gasteiger partial charge is 0.277 e. The highest BCUT2D eigenvalue weighted by Crippen LogP contribution is 2.30. The van der Waals surface area contributed by atoms with Crippen LogP contribution in [0, 0.1) is 5.92 Å². The van der Waals surface area contributed by atoms with Crippen molar-refractivity contribution in [1.82, 2.24) is 15.5 Å². The highest BCUT2D eigenvalue weighted by molar-refractivity contribution is 7.99. The van der Waals surface area contributed by atoms with E-state index < -0.39 is 0 Å². The van der Waals surface area contributed by atoms with Gasteiger partial charge in [0.25, 0.3) is 11.1 Å². The van der Waals surface area contributed by atoms with Gasteiger partial charge in [-0.25, -0.2) is 0 Å². The molecule has 1 aliphatic rings. The Morgan fingerprint density at radius 3 is 3.00 bits per heavy atom. The molecule has 3 rings (SSSR count). The Morgan fingerprint density at radius 2 is 2.22 bits per heavy atom. The minimum atomic E-state index is -0.00336. The molecule has 23 heavy (non-hydrogen) atoms. The van der Waals surface area contributed by atoms with Crippen molar-refractivity contribution in [1.29, 1.82) is 0 Å². The predicted octanol–water partition coefficient (Wildman–Crippen LogP) is 2.75. The number of hydrogen-bond donors (Lipinski definition) is 1. The van der Waals surface area contributed by atoms with E-state index in [2.05, 4.69) is 15.5 Å². The Morgan fingerprint density at radius 1 is 1.39 bits per heavy atom. The molecule has 0 unspecified atom stereocenters. The summed E-state index contributed by atoms with van der Waals surface area (Å²) in [6.07, 6.45) is 2.44. The summed E-state index contributed by atoms with van der Waals surface area (Å²) in [6, 6.07) is 7.52. The second-order valence-electron chi connectivity index (χ2n) is 5.34. The van der Waals surface area contributed by atoms with Gasteiger partial charge in [-0.15, -0.1) is 10.2 Å². The van der Waals surface area contributed by atoms with Crippen molar-refractivity contribution in [2.45, 2.75) is 25.0 Å². The van der Waals surface area contributed by atoms with E-state index in [1.165, 1.54) is 24.6 Å². The summed E-state index contributed by atoms with van der Waals surface area (Å²) in [7, 11) is 0. The standard InChI is InChI=1S/C16H19N3O3S/c1-2-21-13-6-4-3-5-12(13)15-18-19-16(22-15)23-10-14(20)17-9-11-7-8-11/h3-6,11H,2,7-10H2,1H3,(H,17,20). The molecule has 1 N–H and O–H groups in total. The van der Waals surface area contributed by atoms with Crippen LogP contribution in [0.5, 0.6) is 5.75 Å². The maximum Gasteiger partial charge on any atom is 0.277 e. The third-order valence-electron chi connectivity index (χ3n) is 3.44. The summed E-state index contributed by atoms with van der Waals surface area (Å²) in [5.74, 6) is 2.05. The van der Waals surface area contributed by atoms with Crippen LogP contribution in [0.25, 0.3) is 11.5 Å². The number of para-hydroxylation sites is 1. The third-order valence-corrected chi connectivity index (χ3v) is 4.25. The molecule has 1 heterocycles. The van der Waals surface area contributed by atoms with Gasteiger partial charge in [0.2, 0.25) is 5.91 Å². The van der Waals surface area contributed by atoms with E-state index in [0.717, 1.165) is 12.1 Å². The van der Waals surface area contributed by atoms with Crippen molar-refractivity contribution in [3.8, 4) is 17.2 Å². The molecule has 122 valence electrons. The highest BCUT2D eigenvalue weighted by atomic mass is 32.2. The topological polar surface area (TPSA) is 77.2 Å². The quantitative estimate of drug-likeness (QED) is 0.749. The number of aromatic nitrogens is 2. The SMILES string of the molecule is CCOc1ccccc1-c1nnc(SCC(=O)NCC2CC2)o1. The van der Waals surface area contributed by atoms with Crippen molar-refractivity contribution in [2.24, 2.45) is 5.92 Å². The number of hydrogen-bond acceptors (Lipinski definition) is 6. The number of thioether (sulfide) groups is 1. The zero-order valence-electron chi connectivity index (χ0n) is 12.9. The molecule has 0 aliphatic heterocycles. The van der Waals surface area contributed by atoms with Crippen LogP contribution in [0.4, 0.5) is 0 Å². The molecule has 1 amide bonds. The first kappa shape index (κ1) is 15.9. The molecule has 1 aromatic heterocycles. The fraction of sp³-hybridized carbons (Fsp3) is 0.438. The Balaban J connectivity index is 1.58. The molecule has 0 radical (unpaired) electrons. The molecule has 7 heteroatoms. The first-order chi connectivity index (χ1) is 11.3. The monoisotopic (exact) mass is 333 g/mol. The van der Waals surface area contributed by atoms with Crippen LogP contribution in [0.15, 0.2) is 33.9 Å². The number of amides is 1. The first-order valence-corrected chi connectivity index (χ1v) is 8.70. The van der Waals surface area contributed by atoms with Crippen LogP contribution in [0.1, 0.15) is 19.8 Å². The van der Waals surface area contributed by atoms with Gasteiger partial charge in [-0.1, -0.05) is 23.9 Å². The summed E-state index contributed by atoms with van der Waals surface area (Å²) >= 11 is 1.24. The molecule has 0 bridgehead atoms. The van der Waals surface area contributed by atoms with Gasteiger partial charge in [-0.2, -0.15) is 0 Å². The number of rotatable bonds is 8. The average molecular weight is 333 g/mol. The van der Waals surface area contributed by atoms with Crippen molar-refractivity contribution in [3.05, 3.63) is 24.3 Å². The molecule has 0 atom stereocenters. The maximum atomic E-state index is 11.7. The summed E-state index contributed by atoms with van der Waals surface area (Å²) in [5.41, 5.74) is 0.756. The maximum absolute atomic E-state index is 11.7. The van der Waals surface area contributed by atoms with Crippen LogP contribution in [-0.4, -0.2) is 35.0 Å². The third kappa shape index (κ3) is 4.48. The lowest BCUT2D eigenvalue weighted by Crippen LogP contribution is -2.27. The number of benzene rings is 1. The summed E-state index contributed by atoms with van der Waals surface area (Å²) in [4.78, 5) is 11.7. The van der Waals surface area contributed by atoms with E-state index in [0.29, 0.717) is 29.4 Å². The normalized spacial score (nSPS) is 13.8. The molecule has 0 spiro atoms. The second kappa shape index (κ2) is 7.50. The molecule has 2 aromatic rings. The molecular weight excluding hydrogens is 314 g/mol. The van der Waals surface area contributed by atoms with Gasteiger partial charge in [0.05, 0.1) is 17.9 Å². The lowest BCUT2D eigenvalue weighted by Gasteiger charge is -2.06. The number of nitrogens with zero attached hydrogens (tertiary/aromatic N) is 2. The van der Waals surface area contributed by atoms with E-state index in [1.54, 1.807) is 0 Å². The lowest BCUT2D eigenvalue weighted by molar-refractivity contribution is -0.118.